The van der Waals surface area contributed by atoms with Gasteiger partial charge in [-0.15, -0.1) is 0 Å². The quantitative estimate of drug-likeness (QED) is 0.361. The van der Waals surface area contributed by atoms with Gasteiger partial charge in [-0.2, -0.15) is 57.1 Å². The fraction of sp³-hybridized carbons (Fsp3) is 0.923. The highest BCUT2D eigenvalue weighted by atomic mass is 19.4. The van der Waals surface area contributed by atoms with Crippen LogP contribution in [0, 0.1) is 0 Å². The number of ether oxygens (including phenoxy) is 1. The Hall–Kier alpha value is -1.44. The number of halogens is 13. The Bertz CT molecular complexity index is 572. The topological polar surface area (TPSA) is 26.3 Å². The average Bonchev–Trinajstić information content (AvgIpc) is 2.41. The molecule has 0 amide bonds. The van der Waals surface area contributed by atoms with Crippen molar-refractivity contribution in [3.8, 4) is 0 Å². The molecule has 0 rings (SSSR count). The smallest absolute Gasteiger partial charge is 0.460 e. The summed E-state index contributed by atoms with van der Waals surface area (Å²) in [6.07, 6.45) is -11.8. The lowest BCUT2D eigenvalue weighted by atomic mass is 9.92. The molecule has 0 radical (unpaired) electrons. The van der Waals surface area contributed by atoms with Crippen molar-refractivity contribution in [2.75, 3.05) is 0 Å². The molecule has 0 saturated carbocycles. The van der Waals surface area contributed by atoms with Gasteiger partial charge < -0.3 is 4.74 Å². The predicted octanol–water partition coefficient (Wildman–Crippen LogP) is 5.85. The van der Waals surface area contributed by atoms with E-state index in [4.69, 9.17) is 0 Å². The van der Waals surface area contributed by atoms with Crippen molar-refractivity contribution < 1.29 is 66.6 Å². The molecule has 2 nitrogen and oxygen atoms in total. The van der Waals surface area contributed by atoms with E-state index in [-0.39, 0.29) is 0 Å². The van der Waals surface area contributed by atoms with Gasteiger partial charge in [-0.05, 0) is 20.8 Å². The van der Waals surface area contributed by atoms with Gasteiger partial charge in [-0.25, -0.2) is 0 Å². The molecule has 0 atom stereocenters. The van der Waals surface area contributed by atoms with Crippen LogP contribution in [0.3, 0.4) is 0 Å². The molecule has 0 spiro atoms. The third-order valence-electron chi connectivity index (χ3n) is 3.06. The van der Waals surface area contributed by atoms with E-state index in [0.29, 0.717) is 0 Å². The maximum absolute atomic E-state index is 13.4. The molecule has 0 fully saturated rings. The zero-order valence-corrected chi connectivity index (χ0v) is 14.1. The van der Waals surface area contributed by atoms with Crippen LogP contribution in [0.4, 0.5) is 57.1 Å². The molecule has 15 heteroatoms. The summed E-state index contributed by atoms with van der Waals surface area (Å²) in [7, 11) is 0. The Morgan fingerprint density at radius 3 is 1.32 bits per heavy atom. The zero-order chi connectivity index (χ0) is 23.2. The van der Waals surface area contributed by atoms with E-state index in [1.54, 1.807) is 0 Å². The van der Waals surface area contributed by atoms with Gasteiger partial charge in [-0.1, -0.05) is 0 Å². The number of rotatable bonds is 7. The second-order valence-corrected chi connectivity index (χ2v) is 6.59. The average molecular weight is 448 g/mol. The van der Waals surface area contributed by atoms with Gasteiger partial charge in [0.2, 0.25) is 0 Å². The molecular weight excluding hydrogens is 435 g/mol. The largest absolute Gasteiger partial charge is 0.460 e. The van der Waals surface area contributed by atoms with Crippen LogP contribution in [-0.2, 0) is 9.53 Å². The lowest BCUT2D eigenvalue weighted by Gasteiger charge is -2.39. The molecule has 28 heavy (non-hydrogen) atoms. The fourth-order valence-corrected chi connectivity index (χ4v) is 1.61. The predicted molar refractivity (Wildman–Crippen MR) is 65.9 cm³/mol. The molecule has 0 N–H and O–H groups in total. The van der Waals surface area contributed by atoms with Gasteiger partial charge in [0.15, 0.2) is 0 Å². The minimum absolute atomic E-state index is 1.19. The SMILES string of the molecule is CC(C)(C)OC(=O)CCC(F)(F)C(F)(F)C(F)(F)C(F)(F)C(F)(F)C(F)(F)F. The van der Waals surface area contributed by atoms with Crippen LogP contribution in [0.25, 0.3) is 0 Å². The summed E-state index contributed by atoms with van der Waals surface area (Å²) in [5.74, 6) is -38.9. The van der Waals surface area contributed by atoms with Gasteiger partial charge in [-0.3, -0.25) is 4.79 Å². The van der Waals surface area contributed by atoms with E-state index in [1.165, 1.54) is 20.8 Å². The number of carbonyl (C=O) groups excluding carboxylic acids is 1. The van der Waals surface area contributed by atoms with E-state index >= 15 is 0 Å². The first-order valence-corrected chi connectivity index (χ1v) is 7.03. The van der Waals surface area contributed by atoms with Crippen LogP contribution in [0.15, 0.2) is 0 Å². The molecule has 0 aromatic carbocycles. The standard InChI is InChI=1S/C13H13F13O2/c1-7(2,3)28-6(27)4-5-8(14,15)9(16,17)10(18,19)11(20,21)12(22,23)13(24,25)26/h4-5H2,1-3H3. The number of carbonyl (C=O) groups is 1. The first-order valence-electron chi connectivity index (χ1n) is 7.03. The third-order valence-corrected chi connectivity index (χ3v) is 3.06. The monoisotopic (exact) mass is 448 g/mol. The van der Waals surface area contributed by atoms with E-state index in [0.717, 1.165) is 0 Å². The van der Waals surface area contributed by atoms with Gasteiger partial charge in [0.25, 0.3) is 0 Å². The van der Waals surface area contributed by atoms with Crippen molar-refractivity contribution in [1.29, 1.82) is 0 Å². The summed E-state index contributed by atoms with van der Waals surface area (Å²) in [4.78, 5) is 11.2. The molecule has 0 aliphatic carbocycles. The second-order valence-electron chi connectivity index (χ2n) is 6.59. The molecule has 0 aromatic rings. The maximum atomic E-state index is 13.4. The molecule has 0 bridgehead atoms. The Labute approximate surface area is 149 Å². The van der Waals surface area contributed by atoms with Crippen LogP contribution >= 0.6 is 0 Å². The summed E-state index contributed by atoms with van der Waals surface area (Å²) in [6.45, 7) is 3.56. The van der Waals surface area contributed by atoms with E-state index in [2.05, 4.69) is 4.74 Å². The number of esters is 1. The third kappa shape index (κ3) is 4.58. The second kappa shape index (κ2) is 7.11. The Morgan fingerprint density at radius 2 is 1.00 bits per heavy atom. The van der Waals surface area contributed by atoms with Crippen LogP contribution in [0.1, 0.15) is 33.6 Å². The first kappa shape index (κ1) is 26.6. The van der Waals surface area contributed by atoms with Crippen molar-refractivity contribution >= 4 is 5.97 Å². The highest BCUT2D eigenvalue weighted by Crippen LogP contribution is 2.60. The zero-order valence-electron chi connectivity index (χ0n) is 14.1. The summed E-state index contributed by atoms with van der Waals surface area (Å²) < 4.78 is 171. The van der Waals surface area contributed by atoms with Crippen LogP contribution < -0.4 is 0 Å². The van der Waals surface area contributed by atoms with Crippen molar-refractivity contribution in [3.05, 3.63) is 0 Å². The summed E-state index contributed by atoms with van der Waals surface area (Å²) in [5.41, 5.74) is -1.35. The molecular formula is C13H13F13O2. The Kier molecular flexibility index (Phi) is 6.75. The molecule has 0 unspecified atom stereocenters. The summed E-state index contributed by atoms with van der Waals surface area (Å²) in [6, 6.07) is 0. The Balaban J connectivity index is 5.83. The molecule has 168 valence electrons. The first-order chi connectivity index (χ1) is 11.9. The fourth-order valence-electron chi connectivity index (χ4n) is 1.61. The minimum Gasteiger partial charge on any atom is -0.460 e. The van der Waals surface area contributed by atoms with E-state index < -0.39 is 60.2 Å². The number of alkyl halides is 13. The minimum atomic E-state index is -7.95. The van der Waals surface area contributed by atoms with Crippen molar-refractivity contribution in [3.63, 3.8) is 0 Å². The highest BCUT2D eigenvalue weighted by molar-refractivity contribution is 5.69. The van der Waals surface area contributed by atoms with Gasteiger partial charge in [0.05, 0.1) is 6.42 Å². The lowest BCUT2D eigenvalue weighted by Crippen LogP contribution is -2.70. The highest BCUT2D eigenvalue weighted by Gasteiger charge is 2.90. The number of hydrogen-bond donors (Lipinski definition) is 0. The van der Waals surface area contributed by atoms with Crippen molar-refractivity contribution in [2.24, 2.45) is 0 Å². The van der Waals surface area contributed by atoms with Crippen LogP contribution in [0.5, 0.6) is 0 Å². The van der Waals surface area contributed by atoms with Crippen LogP contribution in [-0.4, -0.2) is 47.4 Å². The normalized spacial score (nSPS) is 15.6. The lowest BCUT2D eigenvalue weighted by molar-refractivity contribution is -0.440. The van der Waals surface area contributed by atoms with Crippen LogP contribution in [0.2, 0.25) is 0 Å². The summed E-state index contributed by atoms with van der Waals surface area (Å²) >= 11 is 0. The number of hydrogen-bond acceptors (Lipinski definition) is 2. The molecule has 0 heterocycles. The Morgan fingerprint density at radius 1 is 0.643 bits per heavy atom. The molecule has 0 saturated heterocycles. The van der Waals surface area contributed by atoms with Gasteiger partial charge in [0, 0.05) is 6.42 Å². The summed E-state index contributed by atoms with van der Waals surface area (Å²) in [5, 5.41) is 0. The van der Waals surface area contributed by atoms with E-state index in [1.807, 2.05) is 0 Å². The molecule has 0 aliphatic heterocycles. The van der Waals surface area contributed by atoms with Crippen molar-refractivity contribution in [2.45, 2.75) is 75.0 Å². The van der Waals surface area contributed by atoms with Gasteiger partial charge in [0.1, 0.15) is 5.60 Å². The van der Waals surface area contributed by atoms with Gasteiger partial charge >= 0.3 is 41.8 Å². The maximum Gasteiger partial charge on any atom is 0.460 e. The van der Waals surface area contributed by atoms with E-state index in [9.17, 15) is 61.9 Å². The molecule has 0 aromatic heterocycles. The molecule has 0 aliphatic rings. The van der Waals surface area contributed by atoms with Crippen molar-refractivity contribution in [1.82, 2.24) is 0 Å².